The Labute approximate surface area is 168 Å². The van der Waals surface area contributed by atoms with Gasteiger partial charge in [0.25, 0.3) is 0 Å². The Morgan fingerprint density at radius 1 is 1.25 bits per heavy atom. The maximum atomic E-state index is 12.2. The largest absolute Gasteiger partial charge is 0.372 e. The van der Waals surface area contributed by atoms with Gasteiger partial charge in [-0.05, 0) is 50.8 Å². The maximum Gasteiger partial charge on any atom is 0.319 e. The highest BCUT2D eigenvalue weighted by Crippen LogP contribution is 2.20. The van der Waals surface area contributed by atoms with E-state index in [1.165, 1.54) is 0 Å². The van der Waals surface area contributed by atoms with Crippen molar-refractivity contribution in [1.82, 2.24) is 15.2 Å². The minimum Gasteiger partial charge on any atom is -0.372 e. The first-order valence-corrected chi connectivity index (χ1v) is 10.5. The number of carbonyl (C=O) groups is 1. The molecule has 0 saturated carbocycles. The van der Waals surface area contributed by atoms with Crippen LogP contribution in [0.25, 0.3) is 0 Å². The van der Waals surface area contributed by atoms with Gasteiger partial charge in [-0.2, -0.15) is 0 Å². The first kappa shape index (κ1) is 20.9. The highest BCUT2D eigenvalue weighted by Gasteiger charge is 2.24. The van der Waals surface area contributed by atoms with Gasteiger partial charge in [0.1, 0.15) is 5.82 Å². The van der Waals surface area contributed by atoms with Gasteiger partial charge in [0.2, 0.25) is 0 Å². The summed E-state index contributed by atoms with van der Waals surface area (Å²) in [6.07, 6.45) is 3.27. The number of aromatic nitrogens is 1. The molecule has 0 unspecified atom stereocenters. The lowest BCUT2D eigenvalue weighted by atomic mass is 10.1. The van der Waals surface area contributed by atoms with Crippen molar-refractivity contribution in [3.63, 3.8) is 0 Å². The summed E-state index contributed by atoms with van der Waals surface area (Å²) in [6, 6.07) is 3.71. The number of urea groups is 1. The van der Waals surface area contributed by atoms with E-state index in [-0.39, 0.29) is 18.2 Å². The zero-order valence-corrected chi connectivity index (χ0v) is 17.6. The standard InChI is InChI=1S/C21H35N5O2/c1-15(2)11-25-8-7-18(14-25)9-23-21(27)24-19-5-6-20(22-10-19)26-12-16(3)28-17(4)13-26/h5-6,10,15-18H,7-9,11-14H2,1-4H3,(H2,23,24,27)/t16-,17-,18-/m1/s1. The molecule has 2 amide bonds. The summed E-state index contributed by atoms with van der Waals surface area (Å²) < 4.78 is 5.77. The second-order valence-electron chi connectivity index (χ2n) is 8.71. The predicted octanol–water partition coefficient (Wildman–Crippen LogP) is 2.79. The first-order valence-electron chi connectivity index (χ1n) is 10.5. The van der Waals surface area contributed by atoms with Crippen LogP contribution in [0, 0.1) is 11.8 Å². The smallest absolute Gasteiger partial charge is 0.319 e. The average Bonchev–Trinajstić information content (AvgIpc) is 3.06. The molecule has 0 radical (unpaired) electrons. The van der Waals surface area contributed by atoms with Gasteiger partial charge < -0.3 is 25.2 Å². The molecule has 0 spiro atoms. The zero-order valence-electron chi connectivity index (χ0n) is 17.6. The molecule has 0 bridgehead atoms. The quantitative estimate of drug-likeness (QED) is 0.783. The Morgan fingerprint density at radius 3 is 2.64 bits per heavy atom. The van der Waals surface area contributed by atoms with E-state index < -0.39 is 0 Å². The second kappa shape index (κ2) is 9.56. The number of anilines is 2. The lowest BCUT2D eigenvalue weighted by Crippen LogP contribution is -2.45. The van der Waals surface area contributed by atoms with E-state index in [0.29, 0.717) is 17.5 Å². The van der Waals surface area contributed by atoms with Crippen molar-refractivity contribution >= 4 is 17.5 Å². The lowest BCUT2D eigenvalue weighted by Gasteiger charge is -2.36. The number of nitrogens with one attached hydrogen (secondary N) is 2. The topological polar surface area (TPSA) is 69.7 Å². The monoisotopic (exact) mass is 389 g/mol. The SMILES string of the molecule is CC(C)CN1CC[C@H](CNC(=O)Nc2ccc(N3C[C@@H](C)O[C@H](C)C3)nc2)C1. The molecule has 3 atom stereocenters. The van der Waals surface area contributed by atoms with Gasteiger partial charge in [-0.3, -0.25) is 0 Å². The van der Waals surface area contributed by atoms with E-state index in [1.54, 1.807) is 6.20 Å². The number of pyridine rings is 1. The van der Waals surface area contributed by atoms with Crippen LogP contribution in [-0.4, -0.2) is 67.4 Å². The molecule has 2 aliphatic rings. The zero-order chi connectivity index (χ0) is 20.1. The molecule has 0 aliphatic carbocycles. The molecular formula is C21H35N5O2. The van der Waals surface area contributed by atoms with Crippen molar-refractivity contribution in [2.75, 3.05) is 49.5 Å². The number of hydrogen-bond donors (Lipinski definition) is 2. The molecule has 1 aromatic rings. The van der Waals surface area contributed by atoms with Gasteiger partial charge in [-0.25, -0.2) is 9.78 Å². The van der Waals surface area contributed by atoms with E-state index in [2.05, 4.69) is 53.1 Å². The number of amides is 2. The van der Waals surface area contributed by atoms with Crippen LogP contribution >= 0.6 is 0 Å². The predicted molar refractivity (Wildman–Crippen MR) is 113 cm³/mol. The molecule has 28 heavy (non-hydrogen) atoms. The van der Waals surface area contributed by atoms with E-state index in [1.807, 2.05) is 12.1 Å². The van der Waals surface area contributed by atoms with Crippen molar-refractivity contribution < 1.29 is 9.53 Å². The Bertz CT molecular complexity index is 626. The number of ether oxygens (including phenoxy) is 1. The molecule has 2 saturated heterocycles. The number of likely N-dealkylation sites (tertiary alicyclic amines) is 1. The highest BCUT2D eigenvalue weighted by atomic mass is 16.5. The minimum absolute atomic E-state index is 0.162. The number of carbonyl (C=O) groups excluding carboxylic acids is 1. The third-order valence-corrected chi connectivity index (χ3v) is 5.29. The Hall–Kier alpha value is -1.86. The molecular weight excluding hydrogens is 354 g/mol. The molecule has 2 N–H and O–H groups in total. The van der Waals surface area contributed by atoms with Crippen molar-refractivity contribution in [3.8, 4) is 0 Å². The van der Waals surface area contributed by atoms with Crippen LogP contribution in [0.4, 0.5) is 16.3 Å². The third-order valence-electron chi connectivity index (χ3n) is 5.29. The van der Waals surface area contributed by atoms with Gasteiger partial charge in [-0.15, -0.1) is 0 Å². The van der Waals surface area contributed by atoms with E-state index in [9.17, 15) is 4.79 Å². The molecule has 2 fully saturated rings. The first-order chi connectivity index (χ1) is 13.4. The van der Waals surface area contributed by atoms with Crippen LogP contribution < -0.4 is 15.5 Å². The summed E-state index contributed by atoms with van der Waals surface area (Å²) >= 11 is 0. The Morgan fingerprint density at radius 2 is 2.00 bits per heavy atom. The maximum absolute atomic E-state index is 12.2. The fourth-order valence-electron chi connectivity index (χ4n) is 4.19. The van der Waals surface area contributed by atoms with E-state index in [4.69, 9.17) is 4.74 Å². The molecule has 7 heteroatoms. The Kier molecular flexibility index (Phi) is 7.13. The van der Waals surface area contributed by atoms with Crippen LogP contribution in [0.1, 0.15) is 34.1 Å². The number of hydrogen-bond acceptors (Lipinski definition) is 5. The molecule has 1 aromatic heterocycles. The Balaban J connectivity index is 1.42. The van der Waals surface area contributed by atoms with Crippen molar-refractivity contribution in [2.24, 2.45) is 11.8 Å². The number of morpholine rings is 1. The van der Waals surface area contributed by atoms with Gasteiger partial charge >= 0.3 is 6.03 Å². The summed E-state index contributed by atoms with van der Waals surface area (Å²) in [7, 11) is 0. The normalized spacial score (nSPS) is 25.9. The minimum atomic E-state index is -0.162. The fourth-order valence-corrected chi connectivity index (χ4v) is 4.19. The van der Waals surface area contributed by atoms with Crippen molar-refractivity contribution in [3.05, 3.63) is 18.3 Å². The second-order valence-corrected chi connectivity index (χ2v) is 8.71. The van der Waals surface area contributed by atoms with Gasteiger partial charge in [-0.1, -0.05) is 13.8 Å². The van der Waals surface area contributed by atoms with Crippen molar-refractivity contribution in [1.29, 1.82) is 0 Å². The molecule has 7 nitrogen and oxygen atoms in total. The number of rotatable bonds is 6. The molecule has 3 heterocycles. The van der Waals surface area contributed by atoms with Crippen molar-refractivity contribution in [2.45, 2.75) is 46.3 Å². The average molecular weight is 390 g/mol. The summed E-state index contributed by atoms with van der Waals surface area (Å²) in [5, 5.41) is 5.89. The molecule has 156 valence electrons. The molecule has 0 aromatic carbocycles. The van der Waals surface area contributed by atoms with E-state index in [0.717, 1.165) is 51.5 Å². The highest BCUT2D eigenvalue weighted by molar-refractivity contribution is 5.89. The van der Waals surface area contributed by atoms with Gasteiger partial charge in [0.15, 0.2) is 0 Å². The van der Waals surface area contributed by atoms with Crippen LogP contribution in [-0.2, 0) is 4.74 Å². The summed E-state index contributed by atoms with van der Waals surface area (Å²) in [5.41, 5.74) is 0.712. The lowest BCUT2D eigenvalue weighted by molar-refractivity contribution is -0.00545. The summed E-state index contributed by atoms with van der Waals surface area (Å²) in [5.74, 6) is 2.15. The van der Waals surface area contributed by atoms with Crippen LogP contribution in [0.3, 0.4) is 0 Å². The summed E-state index contributed by atoms with van der Waals surface area (Å²) in [6.45, 7) is 14.4. The van der Waals surface area contributed by atoms with Crippen LogP contribution in [0.15, 0.2) is 18.3 Å². The fraction of sp³-hybridized carbons (Fsp3) is 0.714. The number of nitrogens with zero attached hydrogens (tertiary/aromatic N) is 3. The summed E-state index contributed by atoms with van der Waals surface area (Å²) in [4.78, 5) is 21.4. The third kappa shape index (κ3) is 6.07. The van der Waals surface area contributed by atoms with Crippen LogP contribution in [0.2, 0.25) is 0 Å². The molecule has 3 rings (SSSR count). The van der Waals surface area contributed by atoms with Gasteiger partial charge in [0.05, 0.1) is 24.1 Å². The van der Waals surface area contributed by atoms with E-state index >= 15 is 0 Å². The molecule has 2 aliphatic heterocycles. The van der Waals surface area contributed by atoms with Gasteiger partial charge in [0, 0.05) is 32.7 Å². The van der Waals surface area contributed by atoms with Crippen LogP contribution in [0.5, 0.6) is 0 Å².